The van der Waals surface area contributed by atoms with Crippen LogP contribution in [-0.4, -0.2) is 57.5 Å². The fourth-order valence-corrected chi connectivity index (χ4v) is 4.54. The summed E-state index contributed by atoms with van der Waals surface area (Å²) in [7, 11) is 0. The molecule has 0 aliphatic carbocycles. The molecule has 2 aromatic rings. The molecule has 2 aromatic heterocycles. The number of hydrogen-bond acceptors (Lipinski definition) is 2. The van der Waals surface area contributed by atoms with Gasteiger partial charge in [-0.1, -0.05) is 0 Å². The van der Waals surface area contributed by atoms with Gasteiger partial charge in [-0.3, -0.25) is 0 Å². The first kappa shape index (κ1) is 22.1. The van der Waals surface area contributed by atoms with Gasteiger partial charge in [-0.2, -0.15) is 0 Å². The summed E-state index contributed by atoms with van der Waals surface area (Å²) >= 11 is 0. The van der Waals surface area contributed by atoms with Gasteiger partial charge in [0, 0.05) is 24.3 Å². The van der Waals surface area contributed by atoms with Crippen molar-refractivity contribution in [3.63, 3.8) is 0 Å². The van der Waals surface area contributed by atoms with Crippen molar-refractivity contribution in [2.24, 2.45) is 0 Å². The van der Waals surface area contributed by atoms with E-state index in [1.54, 1.807) is 48.6 Å². The molecule has 0 spiro atoms. The largest absolute Gasteiger partial charge is 0.737 e. The van der Waals surface area contributed by atoms with Crippen molar-refractivity contribution >= 4 is 37.9 Å². The number of allylic oxidation sites excluding steroid dienone is 4. The third-order valence-corrected chi connectivity index (χ3v) is 5.96. The number of nitrogens with zero attached hydrogens (tertiary/aromatic N) is 4. The molecule has 0 unspecified atom stereocenters. The second kappa shape index (κ2) is 7.96. The van der Waals surface area contributed by atoms with Crippen LogP contribution in [0.2, 0.25) is 0 Å². The van der Waals surface area contributed by atoms with Gasteiger partial charge in [-0.25, -0.2) is 0 Å². The van der Waals surface area contributed by atoms with Gasteiger partial charge in [-0.05, 0) is 50.5 Å². The van der Waals surface area contributed by atoms with Crippen LogP contribution in [0.5, 0.6) is 0 Å². The average molecular weight is 472 g/mol. The molecule has 6 rings (SSSR count). The van der Waals surface area contributed by atoms with Gasteiger partial charge < -0.3 is 44.7 Å². The molecule has 0 bridgehead atoms. The van der Waals surface area contributed by atoms with Crippen LogP contribution in [0.15, 0.2) is 72.4 Å². The molecular weight excluding hydrogens is 450 g/mol. The third-order valence-electron chi connectivity index (χ3n) is 5.96. The van der Waals surface area contributed by atoms with E-state index in [-0.39, 0.29) is 0 Å². The highest BCUT2D eigenvalue weighted by molar-refractivity contribution is 6.58. The van der Waals surface area contributed by atoms with Gasteiger partial charge in [0.1, 0.15) is 12.4 Å². The maximum atomic E-state index is 14.2. The maximum Gasteiger partial charge on any atom is 0.737 e. The molecule has 12 heteroatoms. The number of ether oxygens (including phenoxy) is 2. The number of rotatable bonds is 4. The van der Waals surface area contributed by atoms with Gasteiger partial charge in [-0.15, -0.1) is 0 Å². The lowest BCUT2D eigenvalue weighted by atomic mass is 9.91. The van der Waals surface area contributed by atoms with E-state index in [4.69, 9.17) is 9.47 Å². The van der Waals surface area contributed by atoms with Gasteiger partial charge in [0.05, 0.1) is 24.6 Å². The molecule has 6 nitrogen and oxygen atoms in total. The van der Waals surface area contributed by atoms with Gasteiger partial charge in [0.25, 0.3) is 0 Å². The minimum absolute atomic E-state index is 0.433. The Kier molecular flexibility index (Phi) is 5.18. The zero-order valence-electron chi connectivity index (χ0n) is 18.6. The van der Waals surface area contributed by atoms with Gasteiger partial charge in [0.2, 0.25) is 22.9 Å². The number of fused-ring (bicyclic) bond motifs is 4. The first-order chi connectivity index (χ1) is 16.3. The molecule has 0 radical (unpaired) electrons. The van der Waals surface area contributed by atoms with Crippen LogP contribution in [0.3, 0.4) is 0 Å². The van der Waals surface area contributed by atoms with Crippen LogP contribution in [0.4, 0.5) is 17.3 Å². The smallest absolute Gasteiger partial charge is 0.486 e. The van der Waals surface area contributed by atoms with E-state index in [2.05, 4.69) is 0 Å². The lowest BCUT2D eigenvalue weighted by molar-refractivity contribution is -0.358. The molecule has 0 saturated carbocycles. The summed E-state index contributed by atoms with van der Waals surface area (Å²) in [5, 5.41) is 0. The SMILES string of the molecule is CCOC1=C2C=CC=[N+]2[B-](F)(F)n2cccc21.CCOC1=C2C=CC=[N+]2[B-](F)(F)n2cccc21. The Bertz CT molecular complexity index is 1250. The summed E-state index contributed by atoms with van der Waals surface area (Å²) in [6.07, 6.45) is 12.1. The fraction of sp³-hybridized carbons (Fsp3) is 0.182. The van der Waals surface area contributed by atoms with E-state index in [1.807, 2.05) is 13.8 Å². The van der Waals surface area contributed by atoms with Crippen LogP contribution in [0, 0.1) is 0 Å². The lowest BCUT2D eigenvalue weighted by Crippen LogP contribution is -2.49. The molecule has 34 heavy (non-hydrogen) atoms. The molecule has 6 heterocycles. The van der Waals surface area contributed by atoms with Crippen LogP contribution < -0.4 is 0 Å². The van der Waals surface area contributed by atoms with E-state index in [9.17, 15) is 17.3 Å². The predicted octanol–water partition coefficient (Wildman–Crippen LogP) is 4.17. The lowest BCUT2D eigenvalue weighted by Gasteiger charge is -2.30. The number of hydrogen-bond donors (Lipinski definition) is 0. The second-order valence-corrected chi connectivity index (χ2v) is 7.90. The Balaban J connectivity index is 0.000000142. The van der Waals surface area contributed by atoms with E-state index < -0.39 is 13.9 Å². The zero-order chi connectivity index (χ0) is 24.1. The Morgan fingerprint density at radius 1 is 0.735 bits per heavy atom. The van der Waals surface area contributed by atoms with Crippen LogP contribution in [0.25, 0.3) is 11.5 Å². The van der Waals surface area contributed by atoms with E-state index in [0.29, 0.717) is 47.5 Å². The molecule has 4 aliphatic rings. The van der Waals surface area contributed by atoms with E-state index in [0.717, 1.165) is 17.9 Å². The first-order valence-corrected chi connectivity index (χ1v) is 11.1. The third kappa shape index (κ3) is 3.12. The minimum Gasteiger partial charge on any atom is -0.486 e. The summed E-state index contributed by atoms with van der Waals surface area (Å²) in [6, 6.07) is 6.52. The van der Waals surface area contributed by atoms with Crippen molar-refractivity contribution in [2.75, 3.05) is 13.2 Å². The Morgan fingerprint density at radius 2 is 1.15 bits per heavy atom. The Morgan fingerprint density at radius 3 is 1.53 bits per heavy atom. The first-order valence-electron chi connectivity index (χ1n) is 11.1. The topological polar surface area (TPSA) is 34.3 Å². The van der Waals surface area contributed by atoms with Crippen molar-refractivity contribution in [1.82, 2.24) is 8.96 Å². The highest BCUT2D eigenvalue weighted by Crippen LogP contribution is 2.36. The quantitative estimate of drug-likeness (QED) is 0.495. The summed E-state index contributed by atoms with van der Waals surface area (Å²) in [5.74, 6) is 1.02. The number of aromatic nitrogens is 2. The molecule has 0 amide bonds. The maximum absolute atomic E-state index is 14.2. The fourth-order valence-electron chi connectivity index (χ4n) is 4.54. The molecule has 0 saturated heterocycles. The summed E-state index contributed by atoms with van der Waals surface area (Å²) in [4.78, 5) is 0. The van der Waals surface area contributed by atoms with Crippen molar-refractivity contribution in [1.29, 1.82) is 0 Å². The second-order valence-electron chi connectivity index (χ2n) is 7.90. The highest BCUT2D eigenvalue weighted by atomic mass is 19.3. The molecule has 0 fully saturated rings. The van der Waals surface area contributed by atoms with Crippen molar-refractivity contribution in [3.05, 3.63) is 83.7 Å². The molecular formula is C22H22B2F4N4O2. The van der Waals surface area contributed by atoms with Gasteiger partial charge >= 0.3 is 13.9 Å². The Labute approximate surface area is 193 Å². The van der Waals surface area contributed by atoms with E-state index >= 15 is 0 Å². The monoisotopic (exact) mass is 472 g/mol. The normalized spacial score (nSPS) is 20.1. The highest BCUT2D eigenvalue weighted by Gasteiger charge is 2.53. The average Bonchev–Trinajstić information content (AvgIpc) is 3.61. The molecule has 4 aliphatic heterocycles. The molecule has 0 aromatic carbocycles. The zero-order valence-corrected chi connectivity index (χ0v) is 18.6. The summed E-state index contributed by atoms with van der Waals surface area (Å²) < 4.78 is 71.7. The summed E-state index contributed by atoms with van der Waals surface area (Å²) in [5.41, 5.74) is 1.73. The molecule has 0 atom stereocenters. The van der Waals surface area contributed by atoms with Crippen molar-refractivity contribution in [3.8, 4) is 0 Å². The molecule has 0 N–H and O–H groups in total. The van der Waals surface area contributed by atoms with Gasteiger partial charge in [0.15, 0.2) is 0 Å². The van der Waals surface area contributed by atoms with Crippen LogP contribution >= 0.6 is 0 Å². The van der Waals surface area contributed by atoms with Crippen LogP contribution in [0.1, 0.15) is 25.2 Å². The minimum atomic E-state index is -3.80. The van der Waals surface area contributed by atoms with Crippen molar-refractivity contribution < 1.29 is 35.7 Å². The van der Waals surface area contributed by atoms with Crippen LogP contribution in [-0.2, 0) is 9.47 Å². The van der Waals surface area contributed by atoms with Crippen molar-refractivity contribution in [2.45, 2.75) is 13.8 Å². The molecule has 176 valence electrons. The predicted molar refractivity (Wildman–Crippen MR) is 124 cm³/mol. The standard InChI is InChI=1S/2C11H11BF2N2O/c2*1-2-17-11-9-5-3-7-15(9)12(13,14)16-8-4-6-10(11)16/h2*3-8H,2H2,1H3. The Hall–Kier alpha value is -3.69. The number of halogens is 4. The van der Waals surface area contributed by atoms with E-state index in [1.165, 1.54) is 24.8 Å². The summed E-state index contributed by atoms with van der Waals surface area (Å²) in [6.45, 7) is -3.02.